The van der Waals surface area contributed by atoms with Gasteiger partial charge in [0.25, 0.3) is 0 Å². The van der Waals surface area contributed by atoms with Gasteiger partial charge in [-0.25, -0.2) is 14.8 Å². The van der Waals surface area contributed by atoms with Crippen LogP contribution in [0.5, 0.6) is 0 Å². The van der Waals surface area contributed by atoms with E-state index in [4.69, 9.17) is 9.47 Å². The lowest BCUT2D eigenvalue weighted by molar-refractivity contribution is -0.136. The number of ether oxygens (including phenoxy) is 2. The number of hydrogen-bond donors (Lipinski definition) is 2. The number of amides is 2. The van der Waals surface area contributed by atoms with E-state index in [-0.39, 0.29) is 35.4 Å². The average molecular weight is 543 g/mol. The quantitative estimate of drug-likeness (QED) is 0.514. The molecule has 39 heavy (non-hydrogen) atoms. The molecule has 4 saturated heterocycles. The molecular formula is C27H29F3N6O3. The molecule has 0 aliphatic carbocycles. The van der Waals surface area contributed by atoms with Crippen LogP contribution in [0.3, 0.4) is 0 Å². The van der Waals surface area contributed by atoms with Crippen LogP contribution in [-0.4, -0.2) is 82.4 Å². The van der Waals surface area contributed by atoms with Gasteiger partial charge in [-0.05, 0) is 48.1 Å². The molecule has 2 N–H and O–H groups in total. The molecule has 12 heteroatoms. The lowest BCUT2D eigenvalue weighted by Gasteiger charge is -2.47. The molecule has 3 atom stereocenters. The van der Waals surface area contributed by atoms with Crippen LogP contribution in [0.15, 0.2) is 24.5 Å². The van der Waals surface area contributed by atoms with Crippen molar-refractivity contribution in [3.63, 3.8) is 0 Å². The summed E-state index contributed by atoms with van der Waals surface area (Å²) in [5.74, 6) is 0. The Morgan fingerprint density at radius 3 is 2.79 bits per heavy atom. The summed E-state index contributed by atoms with van der Waals surface area (Å²) in [6, 6.07) is 4.02. The summed E-state index contributed by atoms with van der Waals surface area (Å²) in [7, 11) is 0. The molecule has 5 aliphatic heterocycles. The van der Waals surface area contributed by atoms with Gasteiger partial charge >= 0.3 is 12.2 Å². The largest absolute Gasteiger partial charge is 0.420 e. The highest BCUT2D eigenvalue weighted by Crippen LogP contribution is 2.37. The van der Waals surface area contributed by atoms with Crippen molar-refractivity contribution in [1.29, 1.82) is 0 Å². The Bertz CT molecular complexity index is 1410. The number of morpholine rings is 2. The summed E-state index contributed by atoms with van der Waals surface area (Å²) in [6.45, 7) is 4.04. The number of aromatic nitrogens is 3. The Morgan fingerprint density at radius 1 is 1.18 bits per heavy atom. The van der Waals surface area contributed by atoms with Crippen molar-refractivity contribution in [2.45, 2.75) is 50.2 Å². The lowest BCUT2D eigenvalue weighted by Crippen LogP contribution is -2.60. The van der Waals surface area contributed by atoms with Gasteiger partial charge < -0.3 is 29.6 Å². The van der Waals surface area contributed by atoms with Gasteiger partial charge in [-0.15, -0.1) is 0 Å². The normalized spacial score (nSPS) is 25.3. The third-order valence-electron chi connectivity index (χ3n) is 8.36. The molecule has 4 fully saturated rings. The highest BCUT2D eigenvalue weighted by atomic mass is 19.4. The van der Waals surface area contributed by atoms with E-state index in [1.54, 1.807) is 0 Å². The van der Waals surface area contributed by atoms with Crippen LogP contribution in [0, 0.1) is 0 Å². The zero-order chi connectivity index (χ0) is 26.7. The highest BCUT2D eigenvalue weighted by Gasteiger charge is 2.40. The molecule has 2 bridgehead atoms. The van der Waals surface area contributed by atoms with Gasteiger partial charge in [0.1, 0.15) is 11.1 Å². The predicted octanol–water partition coefficient (Wildman–Crippen LogP) is 3.65. The van der Waals surface area contributed by atoms with Crippen LogP contribution in [0.2, 0.25) is 0 Å². The van der Waals surface area contributed by atoms with E-state index in [1.165, 1.54) is 6.20 Å². The number of rotatable bonds is 2. The second-order valence-electron chi connectivity index (χ2n) is 10.7. The van der Waals surface area contributed by atoms with Gasteiger partial charge in [-0.1, -0.05) is 0 Å². The molecule has 1 aromatic carbocycles. The van der Waals surface area contributed by atoms with E-state index in [1.807, 2.05) is 21.9 Å². The van der Waals surface area contributed by atoms with E-state index in [0.29, 0.717) is 63.7 Å². The van der Waals surface area contributed by atoms with Crippen molar-refractivity contribution in [3.8, 4) is 11.3 Å². The number of fused-ring (bicyclic) bond motifs is 5. The fraction of sp³-hybridized carbons (Fsp3) is 0.519. The predicted molar refractivity (Wildman–Crippen MR) is 135 cm³/mol. The summed E-state index contributed by atoms with van der Waals surface area (Å²) in [5, 5.41) is 3.50. The second kappa shape index (κ2) is 9.46. The number of hydrogen-bond acceptors (Lipinski definition) is 6. The topological polar surface area (TPSA) is 95.6 Å². The standard InChI is InChI=1S/C27H29F3N6O3/c28-27(29,30)21-9-32-25-24(21)34-22(10-33-25)16-7-15-3-5-35(26(37)36-11-18-2-1-17(36)13-39-18)12-20(15)19(8-16)23-14-38-6-4-31-23/h7-10,17-18,23,31H,1-6,11-14H2,(H,32,33)/t17?,18?,23-/m0/s1. The number of benzene rings is 1. The smallest absolute Gasteiger partial charge is 0.378 e. The first-order chi connectivity index (χ1) is 18.8. The number of aromatic amines is 1. The van der Waals surface area contributed by atoms with Crippen LogP contribution >= 0.6 is 0 Å². The Labute approximate surface area is 222 Å². The summed E-state index contributed by atoms with van der Waals surface area (Å²) >= 11 is 0. The van der Waals surface area contributed by atoms with Gasteiger partial charge in [0.2, 0.25) is 0 Å². The van der Waals surface area contributed by atoms with Gasteiger partial charge in [-0.3, -0.25) is 0 Å². The van der Waals surface area contributed by atoms with Crippen molar-refractivity contribution in [2.75, 3.05) is 39.5 Å². The molecule has 0 spiro atoms. The first-order valence-electron chi connectivity index (χ1n) is 13.4. The van der Waals surface area contributed by atoms with Gasteiger partial charge in [0, 0.05) is 37.9 Å². The lowest BCUT2D eigenvalue weighted by atomic mass is 9.88. The first-order valence-corrected chi connectivity index (χ1v) is 13.4. The van der Waals surface area contributed by atoms with Crippen molar-refractivity contribution in [3.05, 3.63) is 46.8 Å². The number of nitrogens with zero attached hydrogens (tertiary/aromatic N) is 4. The van der Waals surface area contributed by atoms with Gasteiger partial charge in [0.05, 0.1) is 49.9 Å². The monoisotopic (exact) mass is 542 g/mol. The SMILES string of the molecule is O=C(N1CCc2cc(-c3cnc4[nH]cc(C(F)(F)F)c4n3)cc([C@@H]3COCCN3)c2C1)N1CC2CCC1CO2. The molecule has 2 amide bonds. The van der Waals surface area contributed by atoms with Crippen LogP contribution in [0.4, 0.5) is 18.0 Å². The third-order valence-corrected chi connectivity index (χ3v) is 8.36. The van der Waals surface area contributed by atoms with Crippen molar-refractivity contribution in [1.82, 2.24) is 30.1 Å². The average Bonchev–Trinajstić information content (AvgIpc) is 3.41. The fourth-order valence-electron chi connectivity index (χ4n) is 6.30. The third kappa shape index (κ3) is 4.44. The zero-order valence-corrected chi connectivity index (χ0v) is 21.3. The highest BCUT2D eigenvalue weighted by molar-refractivity contribution is 5.79. The molecule has 2 aromatic heterocycles. The maximum atomic E-state index is 13.6. The Morgan fingerprint density at radius 2 is 2.08 bits per heavy atom. The zero-order valence-electron chi connectivity index (χ0n) is 21.3. The molecular weight excluding hydrogens is 513 g/mol. The summed E-state index contributed by atoms with van der Waals surface area (Å²) in [4.78, 5) is 28.6. The molecule has 3 aromatic rings. The van der Waals surface area contributed by atoms with Crippen LogP contribution in [-0.2, 0) is 28.6 Å². The number of H-pyrrole nitrogens is 1. The molecule has 0 radical (unpaired) electrons. The molecule has 2 unspecified atom stereocenters. The van der Waals surface area contributed by atoms with Crippen molar-refractivity contribution in [2.24, 2.45) is 0 Å². The van der Waals surface area contributed by atoms with E-state index >= 15 is 0 Å². The second-order valence-corrected chi connectivity index (χ2v) is 10.7. The Balaban J connectivity index is 1.25. The number of piperidine rings is 1. The minimum atomic E-state index is -4.54. The maximum Gasteiger partial charge on any atom is 0.420 e. The van der Waals surface area contributed by atoms with Crippen LogP contribution < -0.4 is 5.32 Å². The molecule has 8 rings (SSSR count). The molecule has 9 nitrogen and oxygen atoms in total. The number of urea groups is 1. The number of carbonyl (C=O) groups excluding carboxylic acids is 1. The van der Waals surface area contributed by atoms with Crippen LogP contribution in [0.25, 0.3) is 22.4 Å². The molecule has 206 valence electrons. The van der Waals surface area contributed by atoms with Gasteiger partial charge in [0.15, 0.2) is 5.65 Å². The van der Waals surface area contributed by atoms with E-state index in [0.717, 1.165) is 35.7 Å². The Kier molecular flexibility index (Phi) is 6.01. The van der Waals surface area contributed by atoms with Crippen molar-refractivity contribution < 1.29 is 27.4 Å². The maximum absolute atomic E-state index is 13.6. The Hall–Kier alpha value is -3.22. The van der Waals surface area contributed by atoms with Crippen molar-refractivity contribution >= 4 is 17.2 Å². The number of nitrogens with one attached hydrogen (secondary N) is 2. The number of halogens is 3. The van der Waals surface area contributed by atoms with E-state index in [9.17, 15) is 18.0 Å². The minimum absolute atomic E-state index is 0.0463. The first kappa shape index (κ1) is 24.8. The fourth-order valence-corrected chi connectivity index (χ4v) is 6.30. The number of carbonyl (C=O) groups is 1. The molecule has 7 heterocycles. The summed E-state index contributed by atoms with van der Waals surface area (Å²) < 4.78 is 52.2. The molecule has 0 saturated carbocycles. The van der Waals surface area contributed by atoms with Gasteiger partial charge in [-0.2, -0.15) is 13.2 Å². The minimum Gasteiger partial charge on any atom is -0.378 e. The number of alkyl halides is 3. The van der Waals surface area contributed by atoms with Crippen LogP contribution in [0.1, 0.15) is 41.1 Å². The van der Waals surface area contributed by atoms with E-state index in [2.05, 4.69) is 20.3 Å². The summed E-state index contributed by atoms with van der Waals surface area (Å²) in [6.07, 6.45) is 0.603. The summed E-state index contributed by atoms with van der Waals surface area (Å²) in [5.41, 5.74) is 3.24. The van der Waals surface area contributed by atoms with E-state index < -0.39 is 11.7 Å². The molecule has 5 aliphatic rings.